The van der Waals surface area contributed by atoms with E-state index >= 15 is 0 Å². The first-order valence-electron chi connectivity index (χ1n) is 6.69. The van der Waals surface area contributed by atoms with Gasteiger partial charge < -0.3 is 10.3 Å². The van der Waals surface area contributed by atoms with E-state index in [9.17, 15) is 4.79 Å². The molecule has 3 rings (SSSR count). The summed E-state index contributed by atoms with van der Waals surface area (Å²) in [6, 6.07) is 11.9. The number of carbonyl (C=O) groups is 1. The zero-order valence-electron chi connectivity index (χ0n) is 11.3. The normalized spacial score (nSPS) is 10.8. The third-order valence-corrected chi connectivity index (χ3v) is 4.54. The van der Waals surface area contributed by atoms with Gasteiger partial charge in [-0.1, -0.05) is 13.0 Å². The molecule has 0 saturated carbocycles. The SMILES string of the molecule is CCc1ccc(CNC(=O)c2ccc3cc[nH]c3c2)s1. The summed E-state index contributed by atoms with van der Waals surface area (Å²) in [6.07, 6.45) is 2.92. The molecule has 1 amide bonds. The molecule has 0 saturated heterocycles. The summed E-state index contributed by atoms with van der Waals surface area (Å²) >= 11 is 1.75. The smallest absolute Gasteiger partial charge is 0.251 e. The molecular formula is C16H16N2OS. The topological polar surface area (TPSA) is 44.9 Å². The van der Waals surface area contributed by atoms with Crippen LogP contribution in [0.5, 0.6) is 0 Å². The van der Waals surface area contributed by atoms with Crippen LogP contribution in [-0.2, 0) is 13.0 Å². The Balaban J connectivity index is 1.69. The van der Waals surface area contributed by atoms with Crippen molar-refractivity contribution in [2.45, 2.75) is 19.9 Å². The predicted octanol–water partition coefficient (Wildman–Crippen LogP) is 3.72. The van der Waals surface area contributed by atoms with Crippen LogP contribution in [0.2, 0.25) is 0 Å². The third kappa shape index (κ3) is 2.60. The zero-order chi connectivity index (χ0) is 13.9. The van der Waals surface area contributed by atoms with E-state index in [1.165, 1.54) is 9.75 Å². The number of aryl methyl sites for hydroxylation is 1. The molecule has 2 N–H and O–H groups in total. The lowest BCUT2D eigenvalue weighted by atomic mass is 10.1. The molecule has 2 heterocycles. The van der Waals surface area contributed by atoms with Crippen LogP contribution >= 0.6 is 11.3 Å². The molecule has 0 spiro atoms. The average molecular weight is 284 g/mol. The molecule has 20 heavy (non-hydrogen) atoms. The van der Waals surface area contributed by atoms with Gasteiger partial charge in [0.2, 0.25) is 0 Å². The Hall–Kier alpha value is -2.07. The number of amides is 1. The molecule has 0 unspecified atom stereocenters. The predicted molar refractivity (Wildman–Crippen MR) is 83.2 cm³/mol. The maximum Gasteiger partial charge on any atom is 0.251 e. The van der Waals surface area contributed by atoms with Crippen LogP contribution < -0.4 is 5.32 Å². The molecule has 0 aliphatic heterocycles. The number of carbonyl (C=O) groups excluding carboxylic acids is 1. The van der Waals surface area contributed by atoms with E-state index < -0.39 is 0 Å². The summed E-state index contributed by atoms with van der Waals surface area (Å²) in [5, 5.41) is 4.09. The molecule has 1 aromatic carbocycles. The van der Waals surface area contributed by atoms with E-state index in [1.807, 2.05) is 30.5 Å². The highest BCUT2D eigenvalue weighted by Gasteiger charge is 2.07. The van der Waals surface area contributed by atoms with Gasteiger partial charge in [0.1, 0.15) is 0 Å². The van der Waals surface area contributed by atoms with Crippen molar-refractivity contribution in [1.29, 1.82) is 0 Å². The Kier molecular flexibility index (Phi) is 3.56. The van der Waals surface area contributed by atoms with Gasteiger partial charge in [-0.3, -0.25) is 4.79 Å². The summed E-state index contributed by atoms with van der Waals surface area (Å²) in [5.74, 6) is -0.0343. The number of hydrogen-bond acceptors (Lipinski definition) is 2. The molecule has 0 atom stereocenters. The molecule has 3 aromatic rings. The molecular weight excluding hydrogens is 268 g/mol. The van der Waals surface area contributed by atoms with Gasteiger partial charge in [0.15, 0.2) is 0 Å². The van der Waals surface area contributed by atoms with E-state index in [1.54, 1.807) is 11.3 Å². The first kappa shape index (κ1) is 12.9. The number of rotatable bonds is 4. The molecule has 0 bridgehead atoms. The number of fused-ring (bicyclic) bond motifs is 1. The zero-order valence-corrected chi connectivity index (χ0v) is 12.1. The second-order valence-corrected chi connectivity index (χ2v) is 5.94. The number of aromatic amines is 1. The fourth-order valence-electron chi connectivity index (χ4n) is 2.17. The Bertz CT molecular complexity index is 742. The van der Waals surface area contributed by atoms with E-state index in [-0.39, 0.29) is 5.91 Å². The molecule has 102 valence electrons. The van der Waals surface area contributed by atoms with Gasteiger partial charge in [-0.25, -0.2) is 0 Å². The number of benzene rings is 1. The standard InChI is InChI=1S/C16H16N2OS/c1-2-13-5-6-14(20-13)10-18-16(19)12-4-3-11-7-8-17-15(11)9-12/h3-9,17H,2,10H2,1H3,(H,18,19). The monoisotopic (exact) mass is 284 g/mol. The van der Waals surface area contributed by atoms with Gasteiger partial charge in [0.05, 0.1) is 6.54 Å². The number of hydrogen-bond donors (Lipinski definition) is 2. The molecule has 0 radical (unpaired) electrons. The number of aromatic nitrogens is 1. The van der Waals surface area contributed by atoms with E-state index in [4.69, 9.17) is 0 Å². The van der Waals surface area contributed by atoms with Crippen molar-refractivity contribution < 1.29 is 4.79 Å². The summed E-state index contributed by atoms with van der Waals surface area (Å²) in [7, 11) is 0. The van der Waals surface area contributed by atoms with Crippen LogP contribution in [0.3, 0.4) is 0 Å². The van der Waals surface area contributed by atoms with Crippen LogP contribution in [0.25, 0.3) is 10.9 Å². The maximum absolute atomic E-state index is 12.1. The first-order valence-corrected chi connectivity index (χ1v) is 7.51. The van der Waals surface area contributed by atoms with Gasteiger partial charge in [-0.15, -0.1) is 11.3 Å². The second kappa shape index (κ2) is 5.51. The summed E-state index contributed by atoms with van der Waals surface area (Å²) in [5.41, 5.74) is 1.68. The van der Waals surface area contributed by atoms with Crippen LogP contribution in [0.1, 0.15) is 27.0 Å². The van der Waals surface area contributed by atoms with E-state index in [2.05, 4.69) is 29.4 Å². The van der Waals surface area contributed by atoms with Crippen LogP contribution in [-0.4, -0.2) is 10.9 Å². The summed E-state index contributed by atoms with van der Waals surface area (Å²) < 4.78 is 0. The molecule has 0 aliphatic rings. The average Bonchev–Trinajstić information content (AvgIpc) is 3.12. The summed E-state index contributed by atoms with van der Waals surface area (Å²) in [4.78, 5) is 17.8. The van der Waals surface area contributed by atoms with Crippen molar-refractivity contribution in [3.8, 4) is 0 Å². The quantitative estimate of drug-likeness (QED) is 0.753. The van der Waals surface area contributed by atoms with Crippen molar-refractivity contribution in [2.24, 2.45) is 0 Å². The van der Waals surface area contributed by atoms with Gasteiger partial charge >= 0.3 is 0 Å². The van der Waals surface area contributed by atoms with Crippen molar-refractivity contribution >= 4 is 28.1 Å². The second-order valence-electron chi connectivity index (χ2n) is 4.68. The minimum Gasteiger partial charge on any atom is -0.361 e. The fourth-order valence-corrected chi connectivity index (χ4v) is 3.06. The lowest BCUT2D eigenvalue weighted by Crippen LogP contribution is -2.22. The highest BCUT2D eigenvalue weighted by Crippen LogP contribution is 2.17. The van der Waals surface area contributed by atoms with Gasteiger partial charge in [0.25, 0.3) is 5.91 Å². The molecule has 4 heteroatoms. The first-order chi connectivity index (χ1) is 9.76. The van der Waals surface area contributed by atoms with Gasteiger partial charge in [-0.2, -0.15) is 0 Å². The third-order valence-electron chi connectivity index (χ3n) is 3.31. The lowest BCUT2D eigenvalue weighted by molar-refractivity contribution is 0.0951. The number of H-pyrrole nitrogens is 1. The maximum atomic E-state index is 12.1. The van der Waals surface area contributed by atoms with Crippen LogP contribution in [0, 0.1) is 0 Å². The minimum atomic E-state index is -0.0343. The van der Waals surface area contributed by atoms with Crippen molar-refractivity contribution in [2.75, 3.05) is 0 Å². The highest BCUT2D eigenvalue weighted by molar-refractivity contribution is 7.11. The van der Waals surface area contributed by atoms with Gasteiger partial charge in [0, 0.05) is 27.0 Å². The minimum absolute atomic E-state index is 0.0343. The van der Waals surface area contributed by atoms with Crippen molar-refractivity contribution in [1.82, 2.24) is 10.3 Å². The molecule has 3 nitrogen and oxygen atoms in total. The lowest BCUT2D eigenvalue weighted by Gasteiger charge is -2.04. The van der Waals surface area contributed by atoms with E-state index in [0.29, 0.717) is 12.1 Å². The molecule has 0 aliphatic carbocycles. The fraction of sp³-hybridized carbons (Fsp3) is 0.188. The number of nitrogens with one attached hydrogen (secondary N) is 2. The Morgan fingerprint density at radius 2 is 2.05 bits per heavy atom. The Labute approximate surface area is 121 Å². The Morgan fingerprint density at radius 3 is 2.85 bits per heavy atom. The van der Waals surface area contributed by atoms with Gasteiger partial charge in [-0.05, 0) is 42.1 Å². The van der Waals surface area contributed by atoms with Crippen LogP contribution in [0.4, 0.5) is 0 Å². The Morgan fingerprint density at radius 1 is 1.20 bits per heavy atom. The largest absolute Gasteiger partial charge is 0.361 e. The number of thiophene rings is 1. The van der Waals surface area contributed by atoms with E-state index in [0.717, 1.165) is 17.3 Å². The molecule has 0 fully saturated rings. The van der Waals surface area contributed by atoms with Crippen molar-refractivity contribution in [3.05, 3.63) is 57.9 Å². The van der Waals surface area contributed by atoms with Crippen LogP contribution in [0.15, 0.2) is 42.6 Å². The molecule has 2 aromatic heterocycles. The van der Waals surface area contributed by atoms with Crippen molar-refractivity contribution in [3.63, 3.8) is 0 Å². The highest BCUT2D eigenvalue weighted by atomic mass is 32.1. The summed E-state index contributed by atoms with van der Waals surface area (Å²) in [6.45, 7) is 2.73.